The number of rotatable bonds is 6. The second kappa shape index (κ2) is 6.84. The van der Waals surface area contributed by atoms with Crippen LogP contribution in [0.4, 0.5) is 11.5 Å². The van der Waals surface area contributed by atoms with Crippen LogP contribution in [-0.4, -0.2) is 36.5 Å². The summed E-state index contributed by atoms with van der Waals surface area (Å²) >= 11 is 0. The molecule has 0 aliphatic carbocycles. The molecule has 2 heterocycles. The van der Waals surface area contributed by atoms with E-state index in [1.165, 1.54) is 0 Å². The summed E-state index contributed by atoms with van der Waals surface area (Å²) in [6.07, 6.45) is 0.712. The molecule has 0 saturated carbocycles. The Hall–Kier alpha value is -3.03. The van der Waals surface area contributed by atoms with Gasteiger partial charge in [-0.15, -0.1) is 0 Å². The molecule has 0 spiro atoms. The third kappa shape index (κ3) is 3.02. The number of hydrogen-bond donors (Lipinski definition) is 1. The molecule has 0 unspecified atom stereocenters. The van der Waals surface area contributed by atoms with Gasteiger partial charge in [0.2, 0.25) is 5.75 Å². The molecule has 8 nitrogen and oxygen atoms in total. The van der Waals surface area contributed by atoms with Gasteiger partial charge in [-0.2, -0.15) is 4.98 Å². The fourth-order valence-corrected chi connectivity index (χ4v) is 2.64. The van der Waals surface area contributed by atoms with Crippen LogP contribution in [0.3, 0.4) is 0 Å². The van der Waals surface area contributed by atoms with E-state index < -0.39 is 0 Å². The number of aromatic nitrogens is 3. The first kappa shape index (κ1) is 16.8. The molecule has 25 heavy (non-hydrogen) atoms. The lowest BCUT2D eigenvalue weighted by atomic mass is 10.2. The quantitative estimate of drug-likeness (QED) is 0.728. The Morgan fingerprint density at radius 1 is 1.04 bits per heavy atom. The summed E-state index contributed by atoms with van der Waals surface area (Å²) in [5.41, 5.74) is 1.99. The smallest absolute Gasteiger partial charge is 0.263 e. The van der Waals surface area contributed by atoms with Crippen molar-refractivity contribution in [3.05, 3.63) is 23.7 Å². The predicted octanol–water partition coefficient (Wildman–Crippen LogP) is 3.26. The second-order valence-corrected chi connectivity index (χ2v) is 5.32. The Labute approximate surface area is 145 Å². The monoisotopic (exact) mass is 344 g/mol. The molecule has 0 atom stereocenters. The third-order valence-corrected chi connectivity index (χ3v) is 3.78. The predicted molar refractivity (Wildman–Crippen MR) is 93.1 cm³/mol. The van der Waals surface area contributed by atoms with Crippen LogP contribution < -0.4 is 19.5 Å². The average molecular weight is 344 g/mol. The number of aryl methyl sites for hydroxylation is 2. The largest absolute Gasteiger partial charge is 0.493 e. The fourth-order valence-electron chi connectivity index (χ4n) is 2.64. The Bertz CT molecular complexity index is 882. The third-order valence-electron chi connectivity index (χ3n) is 3.78. The Kier molecular flexibility index (Phi) is 4.60. The number of ether oxygens (including phenoxy) is 3. The van der Waals surface area contributed by atoms with Gasteiger partial charge in [0, 0.05) is 17.8 Å². The summed E-state index contributed by atoms with van der Waals surface area (Å²) in [5.74, 6) is 2.83. The number of fused-ring (bicyclic) bond motifs is 1. The first-order chi connectivity index (χ1) is 12.1. The zero-order chi connectivity index (χ0) is 18.0. The summed E-state index contributed by atoms with van der Waals surface area (Å²) in [4.78, 5) is 8.79. The first-order valence-corrected chi connectivity index (χ1v) is 7.81. The summed E-state index contributed by atoms with van der Waals surface area (Å²) in [5, 5.41) is 8.11. The maximum absolute atomic E-state index is 5.39. The molecule has 2 aromatic heterocycles. The highest BCUT2D eigenvalue weighted by atomic mass is 16.5. The van der Waals surface area contributed by atoms with Gasteiger partial charge in [0.05, 0.1) is 27.0 Å². The molecule has 0 aliphatic rings. The van der Waals surface area contributed by atoms with E-state index in [1.54, 1.807) is 28.3 Å². The maximum Gasteiger partial charge on any atom is 0.263 e. The number of benzene rings is 1. The number of methoxy groups -OCH3 is 3. The van der Waals surface area contributed by atoms with Gasteiger partial charge < -0.3 is 24.1 Å². The number of hydrogen-bond acceptors (Lipinski definition) is 8. The van der Waals surface area contributed by atoms with Crippen molar-refractivity contribution in [2.24, 2.45) is 0 Å². The van der Waals surface area contributed by atoms with Crippen LogP contribution >= 0.6 is 0 Å². The van der Waals surface area contributed by atoms with E-state index in [0.29, 0.717) is 41.0 Å². The second-order valence-electron chi connectivity index (χ2n) is 5.32. The first-order valence-electron chi connectivity index (χ1n) is 7.81. The summed E-state index contributed by atoms with van der Waals surface area (Å²) in [6, 6.07) is 3.62. The van der Waals surface area contributed by atoms with Gasteiger partial charge in [-0.3, -0.25) is 0 Å². The average Bonchev–Trinajstić information content (AvgIpc) is 3.03. The minimum Gasteiger partial charge on any atom is -0.493 e. The van der Waals surface area contributed by atoms with E-state index in [2.05, 4.69) is 20.4 Å². The van der Waals surface area contributed by atoms with E-state index in [0.717, 1.165) is 16.8 Å². The van der Waals surface area contributed by atoms with Gasteiger partial charge in [0.15, 0.2) is 11.5 Å². The van der Waals surface area contributed by atoms with Crippen molar-refractivity contribution in [1.82, 2.24) is 15.1 Å². The van der Waals surface area contributed by atoms with Crippen LogP contribution in [0.5, 0.6) is 17.2 Å². The van der Waals surface area contributed by atoms with Gasteiger partial charge in [-0.25, -0.2) is 4.98 Å². The van der Waals surface area contributed by atoms with Gasteiger partial charge in [-0.05, 0) is 13.3 Å². The highest BCUT2D eigenvalue weighted by Gasteiger charge is 2.18. The molecule has 1 aromatic carbocycles. The van der Waals surface area contributed by atoms with E-state index in [9.17, 15) is 0 Å². The van der Waals surface area contributed by atoms with E-state index in [-0.39, 0.29) is 0 Å². The number of anilines is 2. The molecular weight excluding hydrogens is 324 g/mol. The zero-order valence-corrected chi connectivity index (χ0v) is 14.8. The van der Waals surface area contributed by atoms with Crippen molar-refractivity contribution in [2.45, 2.75) is 20.3 Å². The molecule has 0 radical (unpaired) electrons. The summed E-state index contributed by atoms with van der Waals surface area (Å²) in [7, 11) is 4.71. The molecule has 3 aromatic rings. The van der Waals surface area contributed by atoms with E-state index in [1.807, 2.05) is 19.1 Å². The molecule has 3 rings (SSSR count). The van der Waals surface area contributed by atoms with Crippen LogP contribution in [0.15, 0.2) is 16.7 Å². The van der Waals surface area contributed by atoms with Crippen LogP contribution in [0, 0.1) is 6.92 Å². The maximum atomic E-state index is 5.39. The lowest BCUT2D eigenvalue weighted by Gasteiger charge is -2.15. The highest BCUT2D eigenvalue weighted by molar-refractivity contribution is 5.90. The topological polar surface area (TPSA) is 91.5 Å². The lowest BCUT2D eigenvalue weighted by Crippen LogP contribution is -2.01. The normalized spacial score (nSPS) is 10.8. The van der Waals surface area contributed by atoms with E-state index >= 15 is 0 Å². The van der Waals surface area contributed by atoms with Crippen LogP contribution in [0.1, 0.15) is 18.4 Å². The fraction of sp³-hybridized carbons (Fsp3) is 0.353. The minimum atomic E-state index is 0.458. The van der Waals surface area contributed by atoms with Gasteiger partial charge in [-0.1, -0.05) is 12.1 Å². The Balaban J connectivity index is 2.11. The van der Waals surface area contributed by atoms with Crippen LogP contribution in [0.25, 0.3) is 11.1 Å². The standard InChI is InChI=1S/C17H20N4O4/c1-6-11-14-16(18-9(2)19-17(14)25-21-11)20-10-7-12(22-3)15(24-5)13(8-10)23-4/h7-8H,6H2,1-5H3,(H,18,19,20). The molecule has 1 N–H and O–H groups in total. The summed E-state index contributed by atoms with van der Waals surface area (Å²) < 4.78 is 21.4. The molecule has 0 fully saturated rings. The van der Waals surface area contributed by atoms with Crippen molar-refractivity contribution in [3.63, 3.8) is 0 Å². The Morgan fingerprint density at radius 2 is 1.72 bits per heavy atom. The van der Waals surface area contributed by atoms with Gasteiger partial charge in [0.25, 0.3) is 5.71 Å². The van der Waals surface area contributed by atoms with Crippen molar-refractivity contribution in [2.75, 3.05) is 26.6 Å². The molecule has 0 saturated heterocycles. The van der Waals surface area contributed by atoms with E-state index in [4.69, 9.17) is 18.7 Å². The molecule has 0 amide bonds. The molecule has 8 heteroatoms. The minimum absolute atomic E-state index is 0.458. The molecular formula is C17H20N4O4. The zero-order valence-electron chi connectivity index (χ0n) is 14.8. The van der Waals surface area contributed by atoms with Crippen molar-refractivity contribution in [3.8, 4) is 17.2 Å². The van der Waals surface area contributed by atoms with Crippen molar-refractivity contribution < 1.29 is 18.7 Å². The van der Waals surface area contributed by atoms with Crippen molar-refractivity contribution in [1.29, 1.82) is 0 Å². The number of nitrogens with zero attached hydrogens (tertiary/aromatic N) is 3. The molecule has 132 valence electrons. The van der Waals surface area contributed by atoms with Crippen LogP contribution in [-0.2, 0) is 6.42 Å². The SMILES string of the molecule is CCc1noc2nc(C)nc(Nc3cc(OC)c(OC)c(OC)c3)c12. The molecule has 0 bridgehead atoms. The van der Waals surface area contributed by atoms with Gasteiger partial charge >= 0.3 is 0 Å². The molecule has 0 aliphatic heterocycles. The lowest BCUT2D eigenvalue weighted by molar-refractivity contribution is 0.324. The van der Waals surface area contributed by atoms with Crippen LogP contribution in [0.2, 0.25) is 0 Å². The van der Waals surface area contributed by atoms with Crippen molar-refractivity contribution >= 4 is 22.6 Å². The Morgan fingerprint density at radius 3 is 2.28 bits per heavy atom. The van der Waals surface area contributed by atoms with Gasteiger partial charge in [0.1, 0.15) is 17.0 Å². The summed E-state index contributed by atoms with van der Waals surface area (Å²) in [6.45, 7) is 3.80. The highest BCUT2D eigenvalue weighted by Crippen LogP contribution is 2.41. The number of nitrogens with one attached hydrogen (secondary N) is 1.